The zero-order valence-electron chi connectivity index (χ0n) is 10.2. The average Bonchev–Trinajstić information content (AvgIpc) is 3.13. The van der Waals surface area contributed by atoms with Gasteiger partial charge < -0.3 is 0 Å². The molecule has 5 heteroatoms. The van der Waals surface area contributed by atoms with Crippen LogP contribution >= 0.6 is 22.7 Å². The van der Waals surface area contributed by atoms with E-state index in [1.165, 1.54) is 11.3 Å². The van der Waals surface area contributed by atoms with E-state index in [-0.39, 0.29) is 11.1 Å². The summed E-state index contributed by atoms with van der Waals surface area (Å²) in [6, 6.07) is 13.0. The molecule has 2 aromatic rings. The summed E-state index contributed by atoms with van der Waals surface area (Å²) in [5, 5.41) is 28.8. The third kappa shape index (κ3) is 3.02. The molecule has 0 aliphatic rings. The number of rotatable bonds is 3. The largest absolute Gasteiger partial charge is 0.192 e. The van der Waals surface area contributed by atoms with Crippen LogP contribution in [0.4, 0.5) is 0 Å². The van der Waals surface area contributed by atoms with Crippen LogP contribution < -0.4 is 0 Å². The van der Waals surface area contributed by atoms with Crippen LogP contribution in [0.2, 0.25) is 0 Å². The molecular formula is C15H7N3S2. The van der Waals surface area contributed by atoms with E-state index >= 15 is 0 Å². The predicted octanol–water partition coefficient (Wildman–Crippen LogP) is 4.30. The molecule has 0 saturated carbocycles. The van der Waals surface area contributed by atoms with Crippen molar-refractivity contribution in [2.45, 2.75) is 0 Å². The van der Waals surface area contributed by atoms with Gasteiger partial charge in [0.15, 0.2) is 0 Å². The molecule has 0 aromatic carbocycles. The zero-order chi connectivity index (χ0) is 14.4. The Labute approximate surface area is 124 Å². The van der Waals surface area contributed by atoms with E-state index < -0.39 is 0 Å². The minimum absolute atomic E-state index is 0.135. The summed E-state index contributed by atoms with van der Waals surface area (Å²) in [7, 11) is 0. The molecule has 0 bridgehead atoms. The molecular weight excluding hydrogens is 286 g/mol. The lowest BCUT2D eigenvalue weighted by Crippen LogP contribution is -1.81. The van der Waals surface area contributed by atoms with Crippen LogP contribution in [0.1, 0.15) is 14.6 Å². The van der Waals surface area contributed by atoms with Gasteiger partial charge in [0.1, 0.15) is 23.8 Å². The summed E-state index contributed by atoms with van der Waals surface area (Å²) >= 11 is 3.02. The quantitative estimate of drug-likeness (QED) is 0.792. The first-order valence-electron chi connectivity index (χ1n) is 5.55. The van der Waals surface area contributed by atoms with Crippen molar-refractivity contribution in [2.75, 3.05) is 0 Å². The van der Waals surface area contributed by atoms with Crippen molar-refractivity contribution in [2.24, 2.45) is 0 Å². The van der Waals surface area contributed by atoms with Crippen LogP contribution in [0.3, 0.4) is 0 Å². The summed E-state index contributed by atoms with van der Waals surface area (Å²) in [4.78, 5) is 2.75. The molecule has 0 N–H and O–H groups in total. The van der Waals surface area contributed by atoms with Gasteiger partial charge in [0.2, 0.25) is 0 Å². The minimum atomic E-state index is -0.150. The van der Waals surface area contributed by atoms with E-state index in [0.29, 0.717) is 4.88 Å². The topological polar surface area (TPSA) is 71.4 Å². The lowest BCUT2D eigenvalue weighted by molar-refractivity contribution is 1.46. The van der Waals surface area contributed by atoms with Crippen LogP contribution in [-0.2, 0) is 0 Å². The highest BCUT2D eigenvalue weighted by molar-refractivity contribution is 7.14. The molecule has 0 saturated heterocycles. The molecule has 94 valence electrons. The zero-order valence-corrected chi connectivity index (χ0v) is 11.8. The predicted molar refractivity (Wildman–Crippen MR) is 81.3 cm³/mol. The molecule has 2 heterocycles. The molecule has 0 aliphatic carbocycles. The number of thiophene rings is 2. The van der Waals surface area contributed by atoms with Crippen molar-refractivity contribution < 1.29 is 0 Å². The van der Waals surface area contributed by atoms with Crippen LogP contribution in [0.5, 0.6) is 0 Å². The number of nitrogens with zero attached hydrogens (tertiary/aromatic N) is 3. The van der Waals surface area contributed by atoms with Gasteiger partial charge in [-0.15, -0.1) is 22.7 Å². The number of hydrogen-bond acceptors (Lipinski definition) is 5. The highest BCUT2D eigenvalue weighted by Crippen LogP contribution is 2.27. The van der Waals surface area contributed by atoms with Gasteiger partial charge in [0, 0.05) is 14.6 Å². The van der Waals surface area contributed by atoms with Crippen molar-refractivity contribution in [1.82, 2.24) is 0 Å². The third-order valence-corrected chi connectivity index (χ3v) is 4.32. The summed E-state index contributed by atoms with van der Waals surface area (Å²) in [5.41, 5.74) is -0.0149. The maximum Gasteiger partial charge on any atom is 0.148 e. The van der Waals surface area contributed by atoms with E-state index in [9.17, 15) is 0 Å². The Hall–Kier alpha value is -2.65. The van der Waals surface area contributed by atoms with Crippen molar-refractivity contribution in [3.05, 3.63) is 49.9 Å². The molecule has 0 fully saturated rings. The van der Waals surface area contributed by atoms with Crippen LogP contribution in [0, 0.1) is 34.0 Å². The normalized spacial score (nSPS) is 9.65. The average molecular weight is 293 g/mol. The van der Waals surface area contributed by atoms with Crippen molar-refractivity contribution in [3.8, 4) is 18.2 Å². The fourth-order valence-corrected chi connectivity index (χ4v) is 3.03. The Kier molecular flexibility index (Phi) is 4.47. The van der Waals surface area contributed by atoms with Crippen molar-refractivity contribution in [1.29, 1.82) is 15.8 Å². The highest BCUT2D eigenvalue weighted by Gasteiger charge is 2.10. The molecule has 2 rings (SSSR count). The fraction of sp³-hybridized carbons (Fsp3) is 0. The van der Waals surface area contributed by atoms with E-state index in [4.69, 9.17) is 15.8 Å². The summed E-state index contributed by atoms with van der Waals surface area (Å²) in [6.45, 7) is 0. The molecule has 0 atom stereocenters. The first kappa shape index (κ1) is 13.8. The summed E-state index contributed by atoms with van der Waals surface area (Å²) in [6.07, 6.45) is 3.94. The van der Waals surface area contributed by atoms with Gasteiger partial charge in [-0.1, -0.05) is 6.07 Å². The van der Waals surface area contributed by atoms with Crippen molar-refractivity contribution >= 4 is 40.4 Å². The van der Waals surface area contributed by atoms with Crippen LogP contribution in [0.25, 0.3) is 17.7 Å². The third-order valence-electron chi connectivity index (χ3n) is 2.41. The molecule has 3 nitrogen and oxygen atoms in total. The van der Waals surface area contributed by atoms with E-state index in [1.54, 1.807) is 29.5 Å². The Morgan fingerprint density at radius 2 is 1.70 bits per heavy atom. The number of nitriles is 3. The summed E-state index contributed by atoms with van der Waals surface area (Å²) in [5.74, 6) is 0. The second-order valence-electron chi connectivity index (χ2n) is 3.64. The number of allylic oxidation sites excluding steroid dienone is 2. The first-order chi connectivity index (χ1) is 9.78. The molecule has 0 spiro atoms. The van der Waals surface area contributed by atoms with Gasteiger partial charge in [-0.05, 0) is 35.7 Å². The van der Waals surface area contributed by atoms with Gasteiger partial charge in [-0.25, -0.2) is 0 Å². The Bertz CT molecular complexity index is 772. The Balaban J connectivity index is 2.31. The molecule has 0 unspecified atom stereocenters. The lowest BCUT2D eigenvalue weighted by Gasteiger charge is -1.91. The maximum absolute atomic E-state index is 9.08. The van der Waals surface area contributed by atoms with Gasteiger partial charge in [0.05, 0.1) is 5.57 Å². The van der Waals surface area contributed by atoms with Crippen LogP contribution in [0.15, 0.2) is 35.2 Å². The SMILES string of the molecule is N#CC(C#N)=C(C#N)c1ccc(/C=C/c2cccs2)s1. The van der Waals surface area contributed by atoms with Gasteiger partial charge in [0.25, 0.3) is 0 Å². The molecule has 20 heavy (non-hydrogen) atoms. The maximum atomic E-state index is 9.08. The van der Waals surface area contributed by atoms with Gasteiger partial charge in [-0.2, -0.15) is 15.8 Å². The smallest absolute Gasteiger partial charge is 0.148 e. The second-order valence-corrected chi connectivity index (χ2v) is 5.73. The Morgan fingerprint density at radius 3 is 2.30 bits per heavy atom. The van der Waals surface area contributed by atoms with Crippen molar-refractivity contribution in [3.63, 3.8) is 0 Å². The van der Waals surface area contributed by atoms with Gasteiger partial charge in [-0.3, -0.25) is 0 Å². The fourth-order valence-electron chi connectivity index (χ4n) is 1.50. The lowest BCUT2D eigenvalue weighted by atomic mass is 10.1. The molecule has 0 amide bonds. The number of hydrogen-bond donors (Lipinski definition) is 0. The Morgan fingerprint density at radius 1 is 0.950 bits per heavy atom. The van der Waals surface area contributed by atoms with E-state index in [1.807, 2.05) is 41.8 Å². The standard InChI is InChI=1S/C15H7N3S2/c16-8-11(9-17)14(10-18)15-6-5-13(20-15)4-3-12-2-1-7-19-12/h1-7H/b4-3+. The molecule has 0 aliphatic heterocycles. The minimum Gasteiger partial charge on any atom is -0.192 e. The van der Waals surface area contributed by atoms with Gasteiger partial charge >= 0.3 is 0 Å². The molecule has 2 aromatic heterocycles. The first-order valence-corrected chi connectivity index (χ1v) is 7.24. The highest BCUT2D eigenvalue weighted by atomic mass is 32.1. The van der Waals surface area contributed by atoms with Crippen LogP contribution in [-0.4, -0.2) is 0 Å². The second kappa shape index (κ2) is 6.50. The van der Waals surface area contributed by atoms with E-state index in [0.717, 1.165) is 9.75 Å². The molecule has 0 radical (unpaired) electrons. The summed E-state index contributed by atoms with van der Waals surface area (Å²) < 4.78 is 0. The monoisotopic (exact) mass is 293 g/mol. The van der Waals surface area contributed by atoms with E-state index in [2.05, 4.69) is 0 Å².